The van der Waals surface area contributed by atoms with Crippen molar-refractivity contribution in [2.45, 2.75) is 52.9 Å². The minimum absolute atomic E-state index is 0.575. The third kappa shape index (κ3) is 8.14. The highest BCUT2D eigenvalue weighted by Gasteiger charge is 2.12. The molecule has 0 bridgehead atoms. The summed E-state index contributed by atoms with van der Waals surface area (Å²) in [7, 11) is 0. The van der Waals surface area contributed by atoms with E-state index in [0.717, 1.165) is 0 Å². The summed E-state index contributed by atoms with van der Waals surface area (Å²) in [5.74, 6) is 0. The van der Waals surface area contributed by atoms with E-state index in [1.165, 1.54) is 13.8 Å². The van der Waals surface area contributed by atoms with E-state index >= 15 is 0 Å². The zero-order valence-corrected chi connectivity index (χ0v) is 8.43. The van der Waals surface area contributed by atoms with E-state index in [1.807, 2.05) is 0 Å². The van der Waals surface area contributed by atoms with E-state index in [0.29, 0.717) is 0 Å². The van der Waals surface area contributed by atoms with Crippen LogP contribution >= 0.6 is 0 Å². The summed E-state index contributed by atoms with van der Waals surface area (Å²) in [5, 5.41) is 17.7. The minimum Gasteiger partial charge on any atom is -0.368 e. The Morgan fingerprint density at radius 2 is 1.00 bits per heavy atom. The molecule has 0 amide bonds. The Kier molecular flexibility index (Phi) is 6.19. The summed E-state index contributed by atoms with van der Waals surface area (Å²) >= 11 is 0. The summed E-state index contributed by atoms with van der Waals surface area (Å²) in [6.07, 6.45) is -2.91. The molecule has 0 aliphatic carbocycles. The van der Waals surface area contributed by atoms with Crippen LogP contribution in [0.3, 0.4) is 0 Å². The summed E-state index contributed by atoms with van der Waals surface area (Å²) in [4.78, 5) is 0. The second-order valence-corrected chi connectivity index (χ2v) is 2.74. The molecule has 0 aliphatic rings. The van der Waals surface area contributed by atoms with Crippen LogP contribution in [0.1, 0.15) is 27.7 Å². The molecule has 0 aliphatic heterocycles. The molecule has 0 rings (SSSR count). The highest BCUT2D eigenvalue weighted by atomic mass is 16.8. The summed E-state index contributed by atoms with van der Waals surface area (Å²) in [5.41, 5.74) is 0. The molecule has 0 aromatic heterocycles. The van der Waals surface area contributed by atoms with Crippen LogP contribution in [0.15, 0.2) is 0 Å². The number of aliphatic hydroxyl groups is 2. The molecule has 4 unspecified atom stereocenters. The first kappa shape index (κ1) is 12.8. The minimum atomic E-state index is -0.881. The zero-order chi connectivity index (χ0) is 10.4. The third-order valence-corrected chi connectivity index (χ3v) is 1.16. The van der Waals surface area contributed by atoms with Crippen LogP contribution < -0.4 is 0 Å². The summed E-state index contributed by atoms with van der Waals surface area (Å²) in [6.45, 7) is 6.24. The van der Waals surface area contributed by atoms with E-state index in [-0.39, 0.29) is 0 Å². The molecule has 0 aromatic carbocycles. The second-order valence-electron chi connectivity index (χ2n) is 2.74. The molecule has 0 fully saturated rings. The van der Waals surface area contributed by atoms with Gasteiger partial charge in [-0.25, -0.2) is 0 Å². The maximum atomic E-state index is 8.83. The van der Waals surface area contributed by atoms with Gasteiger partial charge >= 0.3 is 0 Å². The van der Waals surface area contributed by atoms with Crippen LogP contribution in [0, 0.1) is 0 Å². The van der Waals surface area contributed by atoms with Crippen LogP contribution in [-0.2, 0) is 14.2 Å². The van der Waals surface area contributed by atoms with E-state index in [1.54, 1.807) is 13.8 Å². The lowest BCUT2D eigenvalue weighted by Gasteiger charge is -2.21. The van der Waals surface area contributed by atoms with Gasteiger partial charge in [-0.2, -0.15) is 0 Å². The topological polar surface area (TPSA) is 68.2 Å². The normalized spacial score (nSPS) is 20.8. The highest BCUT2D eigenvalue weighted by molar-refractivity contribution is 4.37. The number of hydrogen-bond donors (Lipinski definition) is 2. The average molecular weight is 194 g/mol. The summed E-state index contributed by atoms with van der Waals surface area (Å²) in [6, 6.07) is 0. The number of ether oxygens (including phenoxy) is 3. The Balaban J connectivity index is 3.58. The Hall–Kier alpha value is -0.200. The van der Waals surface area contributed by atoms with Crippen molar-refractivity contribution >= 4 is 0 Å². The zero-order valence-electron chi connectivity index (χ0n) is 8.43. The van der Waals surface area contributed by atoms with Gasteiger partial charge in [0.1, 0.15) is 0 Å². The van der Waals surface area contributed by atoms with Gasteiger partial charge in [0.2, 0.25) is 0 Å². The van der Waals surface area contributed by atoms with E-state index in [4.69, 9.17) is 24.4 Å². The monoisotopic (exact) mass is 194 g/mol. The molecule has 13 heavy (non-hydrogen) atoms. The van der Waals surface area contributed by atoms with E-state index in [9.17, 15) is 0 Å². The molecule has 0 aromatic rings. The molecular formula is C8H18O5. The fourth-order valence-corrected chi connectivity index (χ4v) is 0.889. The number of rotatable bonds is 6. The maximum absolute atomic E-state index is 8.83. The predicted molar refractivity (Wildman–Crippen MR) is 45.5 cm³/mol. The smallest absolute Gasteiger partial charge is 0.161 e. The van der Waals surface area contributed by atoms with Crippen LogP contribution in [-0.4, -0.2) is 35.4 Å². The van der Waals surface area contributed by atoms with Crippen molar-refractivity contribution in [3.63, 3.8) is 0 Å². The van der Waals surface area contributed by atoms with Gasteiger partial charge in [-0.15, -0.1) is 0 Å². The quantitative estimate of drug-likeness (QED) is 0.599. The molecule has 0 radical (unpaired) electrons. The average Bonchev–Trinajstić information content (AvgIpc) is 1.80. The molecule has 2 N–H and O–H groups in total. The lowest BCUT2D eigenvalue weighted by molar-refractivity contribution is -0.294. The third-order valence-electron chi connectivity index (χ3n) is 1.16. The Morgan fingerprint density at radius 3 is 1.23 bits per heavy atom. The first-order valence-electron chi connectivity index (χ1n) is 4.24. The molecule has 0 saturated carbocycles. The van der Waals surface area contributed by atoms with E-state index in [2.05, 4.69) is 0 Å². The van der Waals surface area contributed by atoms with Crippen molar-refractivity contribution in [2.24, 2.45) is 0 Å². The molecule has 80 valence electrons. The van der Waals surface area contributed by atoms with Gasteiger partial charge in [-0.05, 0) is 27.7 Å². The van der Waals surface area contributed by atoms with Crippen molar-refractivity contribution < 1.29 is 24.4 Å². The first-order chi connectivity index (χ1) is 5.91. The molecule has 0 spiro atoms. The standard InChI is InChI=1S/C8H18O5/c1-5(9)11-7(3)13-8(4)12-6(2)10/h5-10H,1-4H3. The van der Waals surface area contributed by atoms with Gasteiger partial charge in [0.25, 0.3) is 0 Å². The van der Waals surface area contributed by atoms with Crippen molar-refractivity contribution in [3.05, 3.63) is 0 Å². The fraction of sp³-hybridized carbons (Fsp3) is 1.00. The van der Waals surface area contributed by atoms with Gasteiger partial charge in [-0.1, -0.05) is 0 Å². The van der Waals surface area contributed by atoms with Gasteiger partial charge in [0.15, 0.2) is 25.2 Å². The van der Waals surface area contributed by atoms with Gasteiger partial charge in [-0.3, -0.25) is 0 Å². The second kappa shape index (κ2) is 6.28. The molecule has 5 nitrogen and oxygen atoms in total. The Bertz CT molecular complexity index is 112. The van der Waals surface area contributed by atoms with Crippen LogP contribution in [0.5, 0.6) is 0 Å². The molecule has 5 heteroatoms. The highest BCUT2D eigenvalue weighted by Crippen LogP contribution is 2.04. The fourth-order valence-electron chi connectivity index (χ4n) is 0.889. The number of aliphatic hydroxyl groups excluding tert-OH is 2. The van der Waals surface area contributed by atoms with Crippen molar-refractivity contribution in [3.8, 4) is 0 Å². The van der Waals surface area contributed by atoms with Crippen molar-refractivity contribution in [1.82, 2.24) is 0 Å². The predicted octanol–water partition coefficient (Wildman–Crippen LogP) is 0.405. The van der Waals surface area contributed by atoms with Gasteiger partial charge < -0.3 is 24.4 Å². The first-order valence-corrected chi connectivity index (χ1v) is 4.24. The lowest BCUT2D eigenvalue weighted by Crippen LogP contribution is -2.27. The molecule has 4 atom stereocenters. The van der Waals surface area contributed by atoms with Crippen LogP contribution in [0.4, 0.5) is 0 Å². The maximum Gasteiger partial charge on any atom is 0.161 e. The lowest BCUT2D eigenvalue weighted by atomic mass is 10.6. The van der Waals surface area contributed by atoms with Crippen LogP contribution in [0.25, 0.3) is 0 Å². The number of hydrogen-bond acceptors (Lipinski definition) is 5. The van der Waals surface area contributed by atoms with Crippen molar-refractivity contribution in [2.75, 3.05) is 0 Å². The van der Waals surface area contributed by atoms with Crippen LogP contribution in [0.2, 0.25) is 0 Å². The SMILES string of the molecule is CC(O)OC(C)OC(C)OC(C)O. The van der Waals surface area contributed by atoms with Crippen molar-refractivity contribution in [1.29, 1.82) is 0 Å². The summed E-state index contributed by atoms with van der Waals surface area (Å²) < 4.78 is 14.9. The Labute approximate surface area is 78.2 Å². The largest absolute Gasteiger partial charge is 0.368 e. The molecular weight excluding hydrogens is 176 g/mol. The molecule has 0 saturated heterocycles. The Morgan fingerprint density at radius 1 is 0.692 bits per heavy atom. The molecule has 0 heterocycles. The van der Waals surface area contributed by atoms with Gasteiger partial charge in [0.05, 0.1) is 0 Å². The van der Waals surface area contributed by atoms with Gasteiger partial charge in [0, 0.05) is 0 Å². The van der Waals surface area contributed by atoms with E-state index < -0.39 is 25.2 Å².